The standard InChI is InChI=1S/C10H10N4S/c1-3-11-7-13-9(1)5-15-6-10-2-4-12-8-14-10/h1-4,7-8H,5-6H2. The first-order valence-electron chi connectivity index (χ1n) is 4.52. The van der Waals surface area contributed by atoms with Crippen molar-refractivity contribution in [2.45, 2.75) is 11.5 Å². The highest BCUT2D eigenvalue weighted by Gasteiger charge is 1.96. The van der Waals surface area contributed by atoms with Crippen LogP contribution in [0.3, 0.4) is 0 Å². The summed E-state index contributed by atoms with van der Waals surface area (Å²) in [4.78, 5) is 16.0. The molecular formula is C10H10N4S. The number of hydrogen-bond acceptors (Lipinski definition) is 5. The minimum absolute atomic E-state index is 0.881. The zero-order valence-corrected chi connectivity index (χ0v) is 8.89. The summed E-state index contributed by atoms with van der Waals surface area (Å²) in [6.45, 7) is 0. The largest absolute Gasteiger partial charge is 0.245 e. The minimum Gasteiger partial charge on any atom is -0.245 e. The summed E-state index contributed by atoms with van der Waals surface area (Å²) in [6.07, 6.45) is 6.66. The fourth-order valence-electron chi connectivity index (χ4n) is 1.07. The van der Waals surface area contributed by atoms with E-state index in [9.17, 15) is 0 Å². The van der Waals surface area contributed by atoms with Crippen molar-refractivity contribution < 1.29 is 0 Å². The van der Waals surface area contributed by atoms with Gasteiger partial charge in [0.2, 0.25) is 0 Å². The first-order valence-corrected chi connectivity index (χ1v) is 5.68. The van der Waals surface area contributed by atoms with E-state index >= 15 is 0 Å². The lowest BCUT2D eigenvalue weighted by Gasteiger charge is -1.99. The highest BCUT2D eigenvalue weighted by atomic mass is 32.2. The molecule has 0 atom stereocenters. The van der Waals surface area contributed by atoms with Gasteiger partial charge in [0.05, 0.1) is 11.4 Å². The van der Waals surface area contributed by atoms with E-state index in [0.717, 1.165) is 22.9 Å². The van der Waals surface area contributed by atoms with Gasteiger partial charge in [-0.25, -0.2) is 19.9 Å². The average Bonchev–Trinajstić information content (AvgIpc) is 2.32. The van der Waals surface area contributed by atoms with Gasteiger partial charge in [0.25, 0.3) is 0 Å². The maximum absolute atomic E-state index is 4.15. The molecule has 0 aromatic carbocycles. The molecule has 0 aliphatic carbocycles. The molecule has 0 unspecified atom stereocenters. The summed E-state index contributed by atoms with van der Waals surface area (Å²) in [5.41, 5.74) is 2.09. The monoisotopic (exact) mass is 218 g/mol. The number of nitrogens with zero attached hydrogens (tertiary/aromatic N) is 4. The fraction of sp³-hybridized carbons (Fsp3) is 0.200. The first-order chi connectivity index (χ1) is 7.45. The average molecular weight is 218 g/mol. The summed E-state index contributed by atoms with van der Waals surface area (Å²) >= 11 is 1.78. The summed E-state index contributed by atoms with van der Waals surface area (Å²) in [6, 6.07) is 3.85. The van der Waals surface area contributed by atoms with Crippen molar-refractivity contribution in [3.05, 3.63) is 48.6 Å². The molecule has 0 spiro atoms. The van der Waals surface area contributed by atoms with Crippen LogP contribution >= 0.6 is 11.8 Å². The van der Waals surface area contributed by atoms with Crippen LogP contribution in [0.1, 0.15) is 11.4 Å². The van der Waals surface area contributed by atoms with Crippen LogP contribution in [0.4, 0.5) is 0 Å². The maximum atomic E-state index is 4.15. The summed E-state index contributed by atoms with van der Waals surface area (Å²) in [5.74, 6) is 1.76. The number of aromatic nitrogens is 4. The number of rotatable bonds is 4. The summed E-state index contributed by atoms with van der Waals surface area (Å²) in [5, 5.41) is 0. The predicted molar refractivity (Wildman–Crippen MR) is 59.1 cm³/mol. The Morgan fingerprint density at radius 1 is 0.867 bits per heavy atom. The van der Waals surface area contributed by atoms with Gasteiger partial charge < -0.3 is 0 Å². The van der Waals surface area contributed by atoms with E-state index in [1.54, 1.807) is 36.8 Å². The van der Waals surface area contributed by atoms with Crippen molar-refractivity contribution in [3.8, 4) is 0 Å². The van der Waals surface area contributed by atoms with Crippen LogP contribution in [-0.4, -0.2) is 19.9 Å². The molecule has 0 aliphatic heterocycles. The topological polar surface area (TPSA) is 51.6 Å². The SMILES string of the molecule is c1cc(CSCc2ccncn2)ncn1. The zero-order chi connectivity index (χ0) is 10.3. The molecule has 0 bridgehead atoms. The Labute approximate surface area is 92.2 Å². The van der Waals surface area contributed by atoms with Crippen molar-refractivity contribution in [1.82, 2.24) is 19.9 Å². The van der Waals surface area contributed by atoms with Crippen LogP contribution in [0.25, 0.3) is 0 Å². The maximum Gasteiger partial charge on any atom is 0.115 e. The van der Waals surface area contributed by atoms with Crippen LogP contribution < -0.4 is 0 Å². The molecule has 15 heavy (non-hydrogen) atoms. The van der Waals surface area contributed by atoms with Crippen molar-refractivity contribution in [2.75, 3.05) is 0 Å². The molecule has 0 amide bonds. The second-order valence-corrected chi connectivity index (χ2v) is 3.88. The molecule has 5 heteroatoms. The molecule has 2 rings (SSSR count). The van der Waals surface area contributed by atoms with Crippen molar-refractivity contribution in [1.29, 1.82) is 0 Å². The molecule has 0 aliphatic rings. The molecular weight excluding hydrogens is 208 g/mol. The van der Waals surface area contributed by atoms with E-state index in [2.05, 4.69) is 19.9 Å². The van der Waals surface area contributed by atoms with E-state index in [1.807, 2.05) is 12.1 Å². The molecule has 2 aromatic rings. The van der Waals surface area contributed by atoms with Crippen molar-refractivity contribution in [2.24, 2.45) is 0 Å². The first kappa shape index (κ1) is 10.0. The van der Waals surface area contributed by atoms with Crippen LogP contribution in [0.15, 0.2) is 37.2 Å². The summed E-state index contributed by atoms with van der Waals surface area (Å²) < 4.78 is 0. The Bertz CT molecular complexity index is 353. The van der Waals surface area contributed by atoms with Crippen LogP contribution in [-0.2, 0) is 11.5 Å². The fourth-order valence-corrected chi connectivity index (χ4v) is 1.93. The Hall–Kier alpha value is -1.49. The van der Waals surface area contributed by atoms with E-state index in [0.29, 0.717) is 0 Å². The lowest BCUT2D eigenvalue weighted by atomic mass is 10.5. The Morgan fingerprint density at radius 3 is 1.80 bits per heavy atom. The zero-order valence-electron chi connectivity index (χ0n) is 8.08. The third-order valence-electron chi connectivity index (χ3n) is 1.79. The smallest absolute Gasteiger partial charge is 0.115 e. The Balaban J connectivity index is 1.81. The van der Waals surface area contributed by atoms with Gasteiger partial charge in [-0.15, -0.1) is 11.8 Å². The highest BCUT2D eigenvalue weighted by Crippen LogP contribution is 2.13. The van der Waals surface area contributed by atoms with E-state index in [1.165, 1.54) is 0 Å². The number of hydrogen-bond donors (Lipinski definition) is 0. The summed E-state index contributed by atoms with van der Waals surface area (Å²) in [7, 11) is 0. The van der Waals surface area contributed by atoms with Crippen molar-refractivity contribution >= 4 is 11.8 Å². The molecule has 4 nitrogen and oxygen atoms in total. The molecule has 0 fully saturated rings. The normalized spacial score (nSPS) is 10.1. The molecule has 0 saturated carbocycles. The van der Waals surface area contributed by atoms with Crippen molar-refractivity contribution in [3.63, 3.8) is 0 Å². The predicted octanol–water partition coefficient (Wildman–Crippen LogP) is 1.70. The quantitative estimate of drug-likeness (QED) is 0.781. The van der Waals surface area contributed by atoms with Crippen LogP contribution in [0.5, 0.6) is 0 Å². The molecule has 2 heterocycles. The Kier molecular flexibility index (Phi) is 3.62. The highest BCUT2D eigenvalue weighted by molar-refractivity contribution is 7.97. The van der Waals surface area contributed by atoms with E-state index < -0.39 is 0 Å². The van der Waals surface area contributed by atoms with Gasteiger partial charge in [-0.2, -0.15) is 0 Å². The molecule has 0 N–H and O–H groups in total. The van der Waals surface area contributed by atoms with Gasteiger partial charge in [-0.3, -0.25) is 0 Å². The van der Waals surface area contributed by atoms with Gasteiger partial charge in [0, 0.05) is 23.9 Å². The van der Waals surface area contributed by atoms with Gasteiger partial charge in [-0.05, 0) is 12.1 Å². The second kappa shape index (κ2) is 5.41. The van der Waals surface area contributed by atoms with Crippen LogP contribution in [0.2, 0.25) is 0 Å². The third kappa shape index (κ3) is 3.28. The molecule has 0 radical (unpaired) electrons. The van der Waals surface area contributed by atoms with E-state index in [4.69, 9.17) is 0 Å². The van der Waals surface area contributed by atoms with Gasteiger partial charge in [-0.1, -0.05) is 0 Å². The molecule has 2 aromatic heterocycles. The van der Waals surface area contributed by atoms with Gasteiger partial charge >= 0.3 is 0 Å². The lowest BCUT2D eigenvalue weighted by molar-refractivity contribution is 1.07. The van der Waals surface area contributed by atoms with Crippen LogP contribution in [0, 0.1) is 0 Å². The van der Waals surface area contributed by atoms with Gasteiger partial charge in [0.1, 0.15) is 12.7 Å². The van der Waals surface area contributed by atoms with Gasteiger partial charge in [0.15, 0.2) is 0 Å². The lowest BCUT2D eigenvalue weighted by Crippen LogP contribution is -1.90. The molecule has 76 valence electrons. The van der Waals surface area contributed by atoms with E-state index in [-0.39, 0.29) is 0 Å². The minimum atomic E-state index is 0.881. The number of thioether (sulfide) groups is 1. The Morgan fingerprint density at radius 2 is 1.40 bits per heavy atom. The third-order valence-corrected chi connectivity index (χ3v) is 2.79. The molecule has 0 saturated heterocycles. The second-order valence-electron chi connectivity index (χ2n) is 2.89.